The smallest absolute Gasteiger partial charge is 0.236 e. The molecule has 4 N–H and O–H groups in total. The number of carbonyl (C=O) groups excluding carboxylic acids is 1. The summed E-state index contributed by atoms with van der Waals surface area (Å²) in [6, 6.07) is 7.79. The molecular weight excluding hydrogens is 302 g/mol. The van der Waals surface area contributed by atoms with Crippen LogP contribution in [0.2, 0.25) is 0 Å². The summed E-state index contributed by atoms with van der Waals surface area (Å²) in [6.45, 7) is 5.00. The Kier molecular flexibility index (Phi) is 7.82. The van der Waals surface area contributed by atoms with Crippen molar-refractivity contribution >= 4 is 18.3 Å². The molecule has 0 saturated carbocycles. The summed E-state index contributed by atoms with van der Waals surface area (Å²) in [5.41, 5.74) is 7.83. The second kappa shape index (κ2) is 9.10. The van der Waals surface area contributed by atoms with E-state index in [0.717, 1.165) is 38.0 Å². The van der Waals surface area contributed by atoms with Gasteiger partial charge in [0, 0.05) is 26.2 Å². The van der Waals surface area contributed by atoms with Gasteiger partial charge in [-0.25, -0.2) is 0 Å². The van der Waals surface area contributed by atoms with Crippen molar-refractivity contribution in [3.8, 4) is 0 Å². The van der Waals surface area contributed by atoms with Crippen LogP contribution < -0.4 is 11.1 Å². The van der Waals surface area contributed by atoms with Crippen molar-refractivity contribution in [1.29, 1.82) is 0 Å². The Morgan fingerprint density at radius 3 is 2.41 bits per heavy atom. The lowest BCUT2D eigenvalue weighted by Gasteiger charge is -2.29. The summed E-state index contributed by atoms with van der Waals surface area (Å²) in [5, 5.41) is 12.3. The van der Waals surface area contributed by atoms with E-state index in [4.69, 9.17) is 5.73 Å². The molecule has 1 unspecified atom stereocenters. The van der Waals surface area contributed by atoms with Crippen molar-refractivity contribution in [1.82, 2.24) is 10.2 Å². The Morgan fingerprint density at radius 1 is 1.32 bits per heavy atom. The zero-order chi connectivity index (χ0) is 15.2. The predicted octanol–water partition coefficient (Wildman–Crippen LogP) is 1.03. The molecule has 1 aromatic carbocycles. The van der Waals surface area contributed by atoms with Crippen molar-refractivity contribution < 1.29 is 9.90 Å². The van der Waals surface area contributed by atoms with E-state index in [1.165, 1.54) is 5.56 Å². The molecule has 2 rings (SSSR count). The highest BCUT2D eigenvalue weighted by Gasteiger charge is 2.16. The zero-order valence-corrected chi connectivity index (χ0v) is 13.8. The number of piperidine rings is 1. The SMILES string of the molecule is CC(N)C(=O)NCc1ccc(CN2CCC(O)CC2)cc1.Cl. The molecule has 124 valence electrons. The molecule has 1 fully saturated rings. The number of rotatable bonds is 5. The van der Waals surface area contributed by atoms with E-state index in [0.29, 0.717) is 6.54 Å². The van der Waals surface area contributed by atoms with Crippen LogP contribution in [0.1, 0.15) is 30.9 Å². The predicted molar refractivity (Wildman–Crippen MR) is 89.7 cm³/mol. The lowest BCUT2D eigenvalue weighted by Crippen LogP contribution is -2.37. The van der Waals surface area contributed by atoms with Crippen molar-refractivity contribution in [2.45, 2.75) is 45.0 Å². The molecule has 1 amide bonds. The number of likely N-dealkylation sites (tertiary alicyclic amines) is 1. The van der Waals surface area contributed by atoms with Crippen LogP contribution in [0.5, 0.6) is 0 Å². The van der Waals surface area contributed by atoms with E-state index >= 15 is 0 Å². The molecule has 0 aromatic heterocycles. The van der Waals surface area contributed by atoms with E-state index < -0.39 is 6.04 Å². The van der Waals surface area contributed by atoms with Gasteiger partial charge in [-0.15, -0.1) is 12.4 Å². The third kappa shape index (κ3) is 5.93. The minimum atomic E-state index is -0.473. The van der Waals surface area contributed by atoms with Gasteiger partial charge >= 0.3 is 0 Å². The summed E-state index contributed by atoms with van der Waals surface area (Å²) in [6.07, 6.45) is 1.60. The molecule has 1 atom stereocenters. The molecule has 1 heterocycles. The van der Waals surface area contributed by atoms with Crippen molar-refractivity contribution in [3.05, 3.63) is 35.4 Å². The second-order valence-electron chi connectivity index (χ2n) is 5.83. The number of hydrogen-bond acceptors (Lipinski definition) is 4. The summed E-state index contributed by atoms with van der Waals surface area (Å²) < 4.78 is 0. The normalized spacial score (nSPS) is 17.6. The number of nitrogens with one attached hydrogen (secondary N) is 1. The first-order chi connectivity index (χ1) is 10.0. The fraction of sp³-hybridized carbons (Fsp3) is 0.562. The van der Waals surface area contributed by atoms with Gasteiger partial charge in [-0.3, -0.25) is 9.69 Å². The average molecular weight is 328 g/mol. The first-order valence-corrected chi connectivity index (χ1v) is 7.56. The maximum Gasteiger partial charge on any atom is 0.236 e. The van der Waals surface area contributed by atoms with Crippen molar-refractivity contribution in [2.24, 2.45) is 5.73 Å². The minimum absolute atomic E-state index is 0. The van der Waals surface area contributed by atoms with E-state index in [1.807, 2.05) is 12.1 Å². The minimum Gasteiger partial charge on any atom is -0.393 e. The monoisotopic (exact) mass is 327 g/mol. The number of nitrogens with two attached hydrogens (primary N) is 1. The highest BCUT2D eigenvalue weighted by molar-refractivity contribution is 5.85. The highest BCUT2D eigenvalue weighted by atomic mass is 35.5. The van der Waals surface area contributed by atoms with Crippen LogP contribution in [0.15, 0.2) is 24.3 Å². The molecule has 0 spiro atoms. The first-order valence-electron chi connectivity index (χ1n) is 7.56. The van der Waals surface area contributed by atoms with Crippen LogP contribution >= 0.6 is 12.4 Å². The van der Waals surface area contributed by atoms with Gasteiger partial charge in [-0.1, -0.05) is 24.3 Å². The molecule has 0 radical (unpaired) electrons. The number of halogens is 1. The molecule has 1 aliphatic heterocycles. The summed E-state index contributed by atoms with van der Waals surface area (Å²) >= 11 is 0. The lowest BCUT2D eigenvalue weighted by molar-refractivity contribution is -0.122. The van der Waals surface area contributed by atoms with Crippen LogP contribution in [0.25, 0.3) is 0 Å². The molecule has 1 aromatic rings. The van der Waals surface area contributed by atoms with Gasteiger partial charge in [0.15, 0.2) is 0 Å². The maximum atomic E-state index is 11.4. The molecule has 0 aliphatic carbocycles. The van der Waals surface area contributed by atoms with Crippen molar-refractivity contribution in [2.75, 3.05) is 13.1 Å². The van der Waals surface area contributed by atoms with Gasteiger partial charge in [0.25, 0.3) is 0 Å². The van der Waals surface area contributed by atoms with Crippen LogP contribution in [0.4, 0.5) is 0 Å². The number of aliphatic hydroxyl groups excluding tert-OH is 1. The third-order valence-electron chi connectivity index (χ3n) is 3.87. The molecule has 22 heavy (non-hydrogen) atoms. The maximum absolute atomic E-state index is 11.4. The average Bonchev–Trinajstić information content (AvgIpc) is 2.48. The Morgan fingerprint density at radius 2 is 1.86 bits per heavy atom. The Labute approximate surface area is 138 Å². The first kappa shape index (κ1) is 18.9. The van der Waals surface area contributed by atoms with E-state index in [9.17, 15) is 9.90 Å². The van der Waals surface area contributed by atoms with Gasteiger partial charge in [-0.05, 0) is 30.9 Å². The van der Waals surface area contributed by atoms with E-state index in [-0.39, 0.29) is 24.4 Å². The second-order valence-corrected chi connectivity index (χ2v) is 5.83. The molecule has 1 saturated heterocycles. The topological polar surface area (TPSA) is 78.6 Å². The van der Waals surface area contributed by atoms with E-state index in [2.05, 4.69) is 22.3 Å². The molecule has 0 bridgehead atoms. The molecule has 5 nitrogen and oxygen atoms in total. The molecule has 6 heteroatoms. The van der Waals surface area contributed by atoms with Gasteiger partial charge in [0.1, 0.15) is 0 Å². The van der Waals surface area contributed by atoms with Gasteiger partial charge in [0.05, 0.1) is 12.1 Å². The third-order valence-corrected chi connectivity index (χ3v) is 3.87. The number of benzene rings is 1. The van der Waals surface area contributed by atoms with Gasteiger partial charge in [0.2, 0.25) is 5.91 Å². The number of amides is 1. The fourth-order valence-corrected chi connectivity index (χ4v) is 2.45. The van der Waals surface area contributed by atoms with Crippen LogP contribution in [-0.4, -0.2) is 41.1 Å². The zero-order valence-electron chi connectivity index (χ0n) is 13.0. The standard InChI is InChI=1S/C16H25N3O2.ClH/c1-12(17)16(21)18-10-13-2-4-14(5-3-13)11-19-8-6-15(20)7-9-19;/h2-5,12,15,20H,6-11,17H2,1H3,(H,18,21);1H. The van der Waals surface area contributed by atoms with Crippen LogP contribution in [-0.2, 0) is 17.9 Å². The number of carbonyl (C=O) groups is 1. The number of hydrogen-bond donors (Lipinski definition) is 3. The lowest BCUT2D eigenvalue weighted by atomic mass is 10.1. The van der Waals surface area contributed by atoms with Crippen LogP contribution in [0, 0.1) is 0 Å². The largest absolute Gasteiger partial charge is 0.393 e. The van der Waals surface area contributed by atoms with Gasteiger partial charge < -0.3 is 16.2 Å². The number of nitrogens with zero attached hydrogens (tertiary/aromatic N) is 1. The molecular formula is C16H26ClN3O2. The molecule has 1 aliphatic rings. The Hall–Kier alpha value is -1.14. The fourth-order valence-electron chi connectivity index (χ4n) is 2.45. The summed E-state index contributed by atoms with van der Waals surface area (Å²) in [7, 11) is 0. The number of aliphatic hydroxyl groups is 1. The summed E-state index contributed by atoms with van der Waals surface area (Å²) in [5.74, 6) is -0.133. The van der Waals surface area contributed by atoms with Gasteiger partial charge in [-0.2, -0.15) is 0 Å². The quantitative estimate of drug-likeness (QED) is 0.754. The van der Waals surface area contributed by atoms with E-state index in [1.54, 1.807) is 6.92 Å². The Bertz CT molecular complexity index is 457. The van der Waals surface area contributed by atoms with Crippen molar-refractivity contribution in [3.63, 3.8) is 0 Å². The highest BCUT2D eigenvalue weighted by Crippen LogP contribution is 2.14. The summed E-state index contributed by atoms with van der Waals surface area (Å²) in [4.78, 5) is 13.8. The van der Waals surface area contributed by atoms with Crippen LogP contribution in [0.3, 0.4) is 0 Å². The Balaban J connectivity index is 0.00000242.